The van der Waals surface area contributed by atoms with Crippen LogP contribution in [-0.2, 0) is 6.54 Å². The summed E-state index contributed by atoms with van der Waals surface area (Å²) >= 11 is 0. The van der Waals surface area contributed by atoms with Gasteiger partial charge >= 0.3 is 0 Å². The van der Waals surface area contributed by atoms with Gasteiger partial charge in [0.25, 0.3) is 0 Å². The molecular weight excluding hydrogens is 222 g/mol. The largest absolute Gasteiger partial charge is 0.494 e. The Morgan fingerprint density at radius 1 is 1.12 bits per heavy atom. The minimum atomic E-state index is 0. The maximum absolute atomic E-state index is 5.38. The van der Waals surface area contributed by atoms with Gasteiger partial charge in [-0.3, -0.25) is 0 Å². The molecular formula is C13H22ClNO. The summed E-state index contributed by atoms with van der Waals surface area (Å²) in [5.74, 6) is 0.954. The third-order valence-electron chi connectivity index (χ3n) is 2.27. The Labute approximate surface area is 105 Å². The van der Waals surface area contributed by atoms with Crippen molar-refractivity contribution in [1.29, 1.82) is 0 Å². The van der Waals surface area contributed by atoms with Gasteiger partial charge in [-0.05, 0) is 37.6 Å². The van der Waals surface area contributed by atoms with Crippen LogP contribution >= 0.6 is 12.4 Å². The number of hydrogen-bond acceptors (Lipinski definition) is 2. The third kappa shape index (κ3) is 5.99. The van der Waals surface area contributed by atoms with Crippen LogP contribution in [0.1, 0.15) is 32.3 Å². The van der Waals surface area contributed by atoms with Gasteiger partial charge in [0.2, 0.25) is 0 Å². The summed E-state index contributed by atoms with van der Waals surface area (Å²) in [6, 6.07) is 8.29. The highest BCUT2D eigenvalue weighted by atomic mass is 35.5. The zero-order chi connectivity index (χ0) is 10.9. The van der Waals surface area contributed by atoms with E-state index in [4.69, 9.17) is 4.74 Å². The van der Waals surface area contributed by atoms with E-state index >= 15 is 0 Å². The Kier molecular flexibility index (Phi) is 9.06. The van der Waals surface area contributed by atoms with E-state index in [2.05, 4.69) is 24.4 Å². The molecule has 16 heavy (non-hydrogen) atoms. The predicted octanol–water partition coefficient (Wildman–Crippen LogP) is 3.40. The van der Waals surface area contributed by atoms with Crippen molar-refractivity contribution in [2.75, 3.05) is 13.2 Å². The zero-order valence-corrected chi connectivity index (χ0v) is 11.0. The van der Waals surface area contributed by atoms with Crippen molar-refractivity contribution in [3.05, 3.63) is 29.8 Å². The zero-order valence-electron chi connectivity index (χ0n) is 10.2. The number of hydrogen-bond donors (Lipinski definition) is 1. The molecule has 0 heterocycles. The van der Waals surface area contributed by atoms with E-state index in [0.717, 1.165) is 25.4 Å². The number of ether oxygens (including phenoxy) is 1. The molecule has 1 rings (SSSR count). The first-order valence-corrected chi connectivity index (χ1v) is 5.79. The first kappa shape index (κ1) is 15.3. The highest BCUT2D eigenvalue weighted by Crippen LogP contribution is 2.11. The van der Waals surface area contributed by atoms with Crippen LogP contribution < -0.4 is 10.1 Å². The number of rotatable bonds is 7. The molecule has 1 aromatic carbocycles. The molecule has 0 aliphatic heterocycles. The third-order valence-corrected chi connectivity index (χ3v) is 2.27. The normalized spacial score (nSPS) is 9.62. The van der Waals surface area contributed by atoms with E-state index in [0.29, 0.717) is 0 Å². The molecule has 1 aromatic rings. The van der Waals surface area contributed by atoms with Crippen molar-refractivity contribution in [1.82, 2.24) is 5.32 Å². The van der Waals surface area contributed by atoms with Gasteiger partial charge in [-0.15, -0.1) is 12.4 Å². The molecule has 0 unspecified atom stereocenters. The quantitative estimate of drug-likeness (QED) is 0.742. The van der Waals surface area contributed by atoms with Crippen molar-refractivity contribution in [3.63, 3.8) is 0 Å². The lowest BCUT2D eigenvalue weighted by molar-refractivity contribution is 0.340. The van der Waals surface area contributed by atoms with Gasteiger partial charge in [-0.25, -0.2) is 0 Å². The second-order valence-electron chi connectivity index (χ2n) is 3.61. The minimum absolute atomic E-state index is 0. The summed E-state index contributed by atoms with van der Waals surface area (Å²) in [5, 5.41) is 3.41. The van der Waals surface area contributed by atoms with Crippen LogP contribution in [-0.4, -0.2) is 13.2 Å². The summed E-state index contributed by atoms with van der Waals surface area (Å²) in [6.07, 6.45) is 2.49. The smallest absolute Gasteiger partial charge is 0.119 e. The standard InChI is InChI=1S/C13H21NO.ClH/c1-3-5-10-14-11-12-6-8-13(9-7-12)15-4-2;/h6-9,14H,3-5,10-11H2,1-2H3;1H. The van der Waals surface area contributed by atoms with Crippen LogP contribution in [0.15, 0.2) is 24.3 Å². The molecule has 1 N–H and O–H groups in total. The maximum Gasteiger partial charge on any atom is 0.119 e. The van der Waals surface area contributed by atoms with E-state index in [9.17, 15) is 0 Å². The summed E-state index contributed by atoms with van der Waals surface area (Å²) < 4.78 is 5.38. The molecule has 0 amide bonds. The maximum atomic E-state index is 5.38. The molecule has 0 aromatic heterocycles. The summed E-state index contributed by atoms with van der Waals surface area (Å²) in [6.45, 7) is 6.99. The van der Waals surface area contributed by atoms with E-state index in [1.165, 1.54) is 18.4 Å². The fourth-order valence-corrected chi connectivity index (χ4v) is 1.40. The van der Waals surface area contributed by atoms with Gasteiger partial charge in [-0.2, -0.15) is 0 Å². The number of benzene rings is 1. The first-order valence-electron chi connectivity index (χ1n) is 5.79. The van der Waals surface area contributed by atoms with Crippen LogP contribution in [0.5, 0.6) is 5.75 Å². The molecule has 0 saturated carbocycles. The Balaban J connectivity index is 0.00000225. The molecule has 0 radical (unpaired) electrons. The second kappa shape index (κ2) is 9.49. The predicted molar refractivity (Wildman–Crippen MR) is 71.5 cm³/mol. The topological polar surface area (TPSA) is 21.3 Å². The molecule has 0 bridgehead atoms. The summed E-state index contributed by atoms with van der Waals surface area (Å²) in [4.78, 5) is 0. The fraction of sp³-hybridized carbons (Fsp3) is 0.538. The van der Waals surface area contributed by atoms with Crippen LogP contribution in [0, 0.1) is 0 Å². The molecule has 0 spiro atoms. The monoisotopic (exact) mass is 243 g/mol. The lowest BCUT2D eigenvalue weighted by Crippen LogP contribution is -2.14. The molecule has 0 atom stereocenters. The lowest BCUT2D eigenvalue weighted by Gasteiger charge is -2.06. The van der Waals surface area contributed by atoms with Gasteiger partial charge in [-0.1, -0.05) is 25.5 Å². The molecule has 2 nitrogen and oxygen atoms in total. The van der Waals surface area contributed by atoms with E-state index < -0.39 is 0 Å². The van der Waals surface area contributed by atoms with E-state index in [1.807, 2.05) is 19.1 Å². The average Bonchev–Trinajstić information content (AvgIpc) is 2.27. The van der Waals surface area contributed by atoms with E-state index in [1.54, 1.807) is 0 Å². The Hall–Kier alpha value is -0.730. The molecule has 0 fully saturated rings. The summed E-state index contributed by atoms with van der Waals surface area (Å²) in [5.41, 5.74) is 1.31. The van der Waals surface area contributed by atoms with Gasteiger partial charge in [0.15, 0.2) is 0 Å². The second-order valence-corrected chi connectivity index (χ2v) is 3.61. The Morgan fingerprint density at radius 3 is 2.38 bits per heavy atom. The Bertz CT molecular complexity index is 261. The molecule has 3 heteroatoms. The van der Waals surface area contributed by atoms with Gasteiger partial charge < -0.3 is 10.1 Å². The molecule has 92 valence electrons. The number of unbranched alkanes of at least 4 members (excludes halogenated alkanes) is 1. The van der Waals surface area contributed by atoms with Crippen molar-refractivity contribution in [2.24, 2.45) is 0 Å². The molecule has 0 aliphatic carbocycles. The molecule has 0 aliphatic rings. The van der Waals surface area contributed by atoms with Crippen molar-refractivity contribution in [2.45, 2.75) is 33.2 Å². The average molecular weight is 244 g/mol. The highest BCUT2D eigenvalue weighted by molar-refractivity contribution is 5.85. The van der Waals surface area contributed by atoms with Crippen LogP contribution in [0.2, 0.25) is 0 Å². The fourth-order valence-electron chi connectivity index (χ4n) is 1.40. The highest BCUT2D eigenvalue weighted by Gasteiger charge is 1.94. The van der Waals surface area contributed by atoms with Crippen LogP contribution in [0.3, 0.4) is 0 Å². The van der Waals surface area contributed by atoms with Crippen LogP contribution in [0.4, 0.5) is 0 Å². The summed E-state index contributed by atoms with van der Waals surface area (Å²) in [7, 11) is 0. The van der Waals surface area contributed by atoms with Gasteiger partial charge in [0.1, 0.15) is 5.75 Å². The van der Waals surface area contributed by atoms with Crippen molar-refractivity contribution in [3.8, 4) is 5.75 Å². The molecule has 0 saturated heterocycles. The number of halogens is 1. The van der Waals surface area contributed by atoms with Gasteiger partial charge in [0, 0.05) is 6.54 Å². The van der Waals surface area contributed by atoms with Crippen molar-refractivity contribution < 1.29 is 4.74 Å². The van der Waals surface area contributed by atoms with E-state index in [-0.39, 0.29) is 12.4 Å². The first-order chi connectivity index (χ1) is 7.36. The SMILES string of the molecule is CCCCNCc1ccc(OCC)cc1.Cl. The lowest BCUT2D eigenvalue weighted by atomic mass is 10.2. The minimum Gasteiger partial charge on any atom is -0.494 e. The Morgan fingerprint density at radius 2 is 1.81 bits per heavy atom. The number of nitrogens with one attached hydrogen (secondary N) is 1. The van der Waals surface area contributed by atoms with Gasteiger partial charge in [0.05, 0.1) is 6.61 Å². The van der Waals surface area contributed by atoms with Crippen molar-refractivity contribution >= 4 is 12.4 Å². The van der Waals surface area contributed by atoms with Crippen LogP contribution in [0.25, 0.3) is 0 Å².